The molecule has 3 aromatic carbocycles. The van der Waals surface area contributed by atoms with Crippen LogP contribution in [0.1, 0.15) is 27.7 Å². The molecule has 0 radical (unpaired) electrons. The normalized spacial score (nSPS) is 15.0. The SMILES string of the molecule is COc1ccc(N2C(=O)c3oc4ccccc4c(=O)c3[C@H]2c2cccc([N+](=O)[O-])c2)cc1Cl. The average Bonchev–Trinajstić information content (AvgIpc) is 3.12. The first-order valence-corrected chi connectivity index (χ1v) is 10.3. The van der Waals surface area contributed by atoms with E-state index < -0.39 is 16.9 Å². The molecule has 8 nitrogen and oxygen atoms in total. The largest absolute Gasteiger partial charge is 0.495 e. The number of methoxy groups -OCH3 is 1. The number of nitro benzene ring substituents is 1. The lowest BCUT2D eigenvalue weighted by Gasteiger charge is -2.25. The number of ether oxygens (including phenoxy) is 1. The highest BCUT2D eigenvalue weighted by atomic mass is 35.5. The van der Waals surface area contributed by atoms with Gasteiger partial charge in [-0.3, -0.25) is 24.6 Å². The zero-order valence-electron chi connectivity index (χ0n) is 17.2. The summed E-state index contributed by atoms with van der Waals surface area (Å²) in [6.45, 7) is 0. The van der Waals surface area contributed by atoms with Gasteiger partial charge in [0.15, 0.2) is 5.43 Å². The van der Waals surface area contributed by atoms with Gasteiger partial charge in [-0.1, -0.05) is 35.9 Å². The molecule has 1 aliphatic rings. The highest BCUT2D eigenvalue weighted by Gasteiger charge is 2.44. The third-order valence-electron chi connectivity index (χ3n) is 5.59. The summed E-state index contributed by atoms with van der Waals surface area (Å²) in [6.07, 6.45) is 0. The molecule has 9 heteroatoms. The Labute approximate surface area is 191 Å². The molecule has 1 aromatic heterocycles. The molecular weight excluding hydrogens is 448 g/mol. The van der Waals surface area contributed by atoms with Gasteiger partial charge in [0.05, 0.1) is 34.0 Å². The van der Waals surface area contributed by atoms with Gasteiger partial charge in [-0.05, 0) is 35.9 Å². The van der Waals surface area contributed by atoms with Gasteiger partial charge in [-0.25, -0.2) is 0 Å². The molecule has 1 atom stereocenters. The standard InChI is InChI=1S/C24H15ClN2O6/c1-32-19-10-9-14(12-17(19)25)26-21(13-5-4-6-15(11-13)27(30)31)20-22(28)16-7-2-3-8-18(16)33-23(20)24(26)29/h2-12,21H,1H3/t21-/m1/s1. The Hall–Kier alpha value is -4.17. The van der Waals surface area contributed by atoms with E-state index in [0.717, 1.165) is 0 Å². The Balaban J connectivity index is 1.80. The van der Waals surface area contributed by atoms with Gasteiger partial charge in [-0.15, -0.1) is 0 Å². The van der Waals surface area contributed by atoms with Crippen LogP contribution < -0.4 is 15.1 Å². The fourth-order valence-electron chi connectivity index (χ4n) is 4.11. The van der Waals surface area contributed by atoms with Crippen LogP contribution in [0.25, 0.3) is 11.0 Å². The molecule has 0 saturated carbocycles. The van der Waals surface area contributed by atoms with E-state index in [2.05, 4.69) is 0 Å². The Morgan fingerprint density at radius 1 is 1.06 bits per heavy atom. The predicted octanol–water partition coefficient (Wildman–Crippen LogP) is 5.11. The van der Waals surface area contributed by atoms with Crippen LogP contribution in [0.4, 0.5) is 11.4 Å². The molecule has 0 fully saturated rings. The summed E-state index contributed by atoms with van der Waals surface area (Å²) in [5.74, 6) is -0.246. The Bertz CT molecular complexity index is 1510. The number of fused-ring (bicyclic) bond motifs is 2. The summed E-state index contributed by atoms with van der Waals surface area (Å²) >= 11 is 6.31. The maximum atomic E-state index is 13.5. The monoisotopic (exact) mass is 462 g/mol. The second-order valence-corrected chi connectivity index (χ2v) is 7.83. The molecule has 2 heterocycles. The van der Waals surface area contributed by atoms with Gasteiger partial charge in [-0.2, -0.15) is 0 Å². The highest BCUT2D eigenvalue weighted by molar-refractivity contribution is 6.32. The van der Waals surface area contributed by atoms with E-state index in [1.165, 1.54) is 30.2 Å². The van der Waals surface area contributed by atoms with Crippen molar-refractivity contribution in [2.75, 3.05) is 12.0 Å². The molecule has 0 unspecified atom stereocenters. The fraction of sp³-hybridized carbons (Fsp3) is 0.0833. The molecular formula is C24H15ClN2O6. The summed E-state index contributed by atoms with van der Waals surface area (Å²) in [5, 5.41) is 12.0. The summed E-state index contributed by atoms with van der Waals surface area (Å²) < 4.78 is 11.1. The number of hydrogen-bond acceptors (Lipinski definition) is 6. The molecule has 1 aliphatic heterocycles. The quantitative estimate of drug-likeness (QED) is 0.308. The zero-order chi connectivity index (χ0) is 23.3. The lowest BCUT2D eigenvalue weighted by Crippen LogP contribution is -2.29. The van der Waals surface area contributed by atoms with Crippen LogP contribution in [0.15, 0.2) is 75.9 Å². The van der Waals surface area contributed by atoms with Crippen molar-refractivity contribution in [1.82, 2.24) is 0 Å². The van der Waals surface area contributed by atoms with E-state index in [0.29, 0.717) is 22.4 Å². The second kappa shape index (κ2) is 7.75. The maximum absolute atomic E-state index is 13.5. The minimum absolute atomic E-state index is 0.109. The Kier molecular flexibility index (Phi) is 4.87. The van der Waals surface area contributed by atoms with Crippen LogP contribution in [0.2, 0.25) is 5.02 Å². The van der Waals surface area contributed by atoms with Crippen molar-refractivity contribution in [2.45, 2.75) is 6.04 Å². The van der Waals surface area contributed by atoms with Gasteiger partial charge < -0.3 is 9.15 Å². The van der Waals surface area contributed by atoms with Crippen LogP contribution in [0, 0.1) is 10.1 Å². The van der Waals surface area contributed by atoms with Crippen LogP contribution >= 0.6 is 11.6 Å². The number of carbonyl (C=O) groups excluding carboxylic acids is 1. The molecule has 0 saturated heterocycles. The predicted molar refractivity (Wildman–Crippen MR) is 122 cm³/mol. The molecule has 33 heavy (non-hydrogen) atoms. The van der Waals surface area contributed by atoms with Gasteiger partial charge in [0, 0.05) is 17.8 Å². The van der Waals surface area contributed by atoms with Crippen molar-refractivity contribution in [3.05, 3.63) is 109 Å². The van der Waals surface area contributed by atoms with Gasteiger partial charge in [0.2, 0.25) is 5.76 Å². The number of nitro groups is 1. The number of carbonyl (C=O) groups is 1. The molecule has 1 amide bonds. The number of para-hydroxylation sites is 1. The number of benzene rings is 3. The second-order valence-electron chi connectivity index (χ2n) is 7.42. The number of hydrogen-bond donors (Lipinski definition) is 0. The number of non-ortho nitro benzene ring substituents is 1. The van der Waals surface area contributed by atoms with Crippen molar-refractivity contribution in [3.63, 3.8) is 0 Å². The third-order valence-corrected chi connectivity index (χ3v) is 5.88. The van der Waals surface area contributed by atoms with Crippen molar-refractivity contribution >= 4 is 39.9 Å². The Morgan fingerprint density at radius 3 is 2.58 bits per heavy atom. The molecule has 0 bridgehead atoms. The number of anilines is 1. The lowest BCUT2D eigenvalue weighted by atomic mass is 9.98. The lowest BCUT2D eigenvalue weighted by molar-refractivity contribution is -0.384. The van der Waals surface area contributed by atoms with E-state index in [1.807, 2.05) is 0 Å². The summed E-state index contributed by atoms with van der Waals surface area (Å²) in [6, 6.07) is 16.3. The summed E-state index contributed by atoms with van der Waals surface area (Å²) in [7, 11) is 1.47. The zero-order valence-corrected chi connectivity index (χ0v) is 17.9. The summed E-state index contributed by atoms with van der Waals surface area (Å²) in [5.41, 5.74) is 0.640. The number of rotatable bonds is 4. The molecule has 0 spiro atoms. The van der Waals surface area contributed by atoms with Crippen molar-refractivity contribution in [2.24, 2.45) is 0 Å². The van der Waals surface area contributed by atoms with Crippen LogP contribution in [-0.2, 0) is 0 Å². The van der Waals surface area contributed by atoms with Gasteiger partial charge in [0.1, 0.15) is 11.3 Å². The highest BCUT2D eigenvalue weighted by Crippen LogP contribution is 2.43. The van der Waals surface area contributed by atoms with Crippen LogP contribution in [0.5, 0.6) is 5.75 Å². The minimum Gasteiger partial charge on any atom is -0.495 e. The first kappa shape index (κ1) is 20.7. The van der Waals surface area contributed by atoms with E-state index in [1.54, 1.807) is 48.5 Å². The van der Waals surface area contributed by atoms with E-state index >= 15 is 0 Å². The van der Waals surface area contributed by atoms with Crippen molar-refractivity contribution in [3.8, 4) is 5.75 Å². The average molecular weight is 463 g/mol. The van der Waals surface area contributed by atoms with Crippen LogP contribution in [0.3, 0.4) is 0 Å². The fourth-order valence-corrected chi connectivity index (χ4v) is 4.37. The van der Waals surface area contributed by atoms with E-state index in [4.69, 9.17) is 20.8 Å². The Morgan fingerprint density at radius 2 is 1.85 bits per heavy atom. The molecule has 4 aromatic rings. The molecule has 5 rings (SSSR count). The summed E-state index contributed by atoms with van der Waals surface area (Å²) in [4.78, 5) is 39.3. The van der Waals surface area contributed by atoms with Gasteiger partial charge in [0.25, 0.3) is 11.6 Å². The van der Waals surface area contributed by atoms with E-state index in [9.17, 15) is 19.7 Å². The minimum atomic E-state index is -0.947. The number of amides is 1. The molecule has 0 N–H and O–H groups in total. The smallest absolute Gasteiger partial charge is 0.295 e. The third kappa shape index (κ3) is 3.23. The molecule has 164 valence electrons. The molecule has 0 aliphatic carbocycles. The van der Waals surface area contributed by atoms with Crippen molar-refractivity contribution < 1.29 is 18.9 Å². The number of halogens is 1. The van der Waals surface area contributed by atoms with Crippen molar-refractivity contribution in [1.29, 1.82) is 0 Å². The first-order valence-electron chi connectivity index (χ1n) is 9.88. The topological polar surface area (TPSA) is 103 Å². The van der Waals surface area contributed by atoms with Gasteiger partial charge >= 0.3 is 0 Å². The van der Waals surface area contributed by atoms with E-state index in [-0.39, 0.29) is 33.0 Å². The first-order chi connectivity index (χ1) is 15.9. The van der Waals surface area contributed by atoms with Crippen LogP contribution in [-0.4, -0.2) is 17.9 Å². The number of nitrogens with zero attached hydrogens (tertiary/aromatic N) is 2. The maximum Gasteiger partial charge on any atom is 0.295 e.